The maximum absolute atomic E-state index is 11.9. The van der Waals surface area contributed by atoms with Crippen molar-refractivity contribution in [3.05, 3.63) is 30.2 Å². The number of hydrogen-bond donors (Lipinski definition) is 2. The zero-order valence-electron chi connectivity index (χ0n) is 16.1. The maximum atomic E-state index is 11.9. The van der Waals surface area contributed by atoms with Crippen molar-refractivity contribution < 1.29 is 14.1 Å². The van der Waals surface area contributed by atoms with Crippen LogP contribution in [-0.2, 0) is 11.2 Å². The summed E-state index contributed by atoms with van der Waals surface area (Å²) >= 11 is 0. The number of amides is 1. The average molecular weight is 410 g/mol. The van der Waals surface area contributed by atoms with Gasteiger partial charge in [-0.3, -0.25) is 9.69 Å². The molecule has 0 radical (unpaired) electrons. The van der Waals surface area contributed by atoms with E-state index in [1.165, 1.54) is 0 Å². The normalized spacial score (nSPS) is 14.3. The van der Waals surface area contributed by atoms with Crippen molar-refractivity contribution in [2.24, 2.45) is 0 Å². The number of hydrogen-bond acceptors (Lipinski definition) is 7. The molecule has 1 aliphatic rings. The lowest BCUT2D eigenvalue weighted by Gasteiger charge is -2.27. The Morgan fingerprint density at radius 3 is 2.75 bits per heavy atom. The fourth-order valence-electron chi connectivity index (χ4n) is 2.99. The zero-order valence-corrected chi connectivity index (χ0v) is 17.0. The van der Waals surface area contributed by atoms with Gasteiger partial charge < -0.3 is 19.9 Å². The van der Waals surface area contributed by atoms with Crippen LogP contribution in [0.25, 0.3) is 11.4 Å². The van der Waals surface area contributed by atoms with Crippen molar-refractivity contribution in [2.75, 3.05) is 46.4 Å². The van der Waals surface area contributed by atoms with Crippen LogP contribution in [-0.4, -0.2) is 67.3 Å². The van der Waals surface area contributed by atoms with Crippen molar-refractivity contribution in [3.63, 3.8) is 0 Å². The van der Waals surface area contributed by atoms with E-state index in [0.29, 0.717) is 37.5 Å². The molecule has 2 heterocycles. The summed E-state index contributed by atoms with van der Waals surface area (Å²) in [5.41, 5.74) is 0.872. The Labute approximate surface area is 171 Å². The molecule has 8 nitrogen and oxygen atoms in total. The highest BCUT2D eigenvalue weighted by atomic mass is 35.5. The van der Waals surface area contributed by atoms with Crippen LogP contribution in [0.2, 0.25) is 0 Å². The van der Waals surface area contributed by atoms with E-state index >= 15 is 0 Å². The third kappa shape index (κ3) is 6.78. The summed E-state index contributed by atoms with van der Waals surface area (Å²) in [4.78, 5) is 18.7. The van der Waals surface area contributed by atoms with Crippen molar-refractivity contribution in [3.8, 4) is 17.1 Å². The number of piperazine rings is 1. The van der Waals surface area contributed by atoms with Gasteiger partial charge in [0.25, 0.3) is 0 Å². The second kappa shape index (κ2) is 11.6. The van der Waals surface area contributed by atoms with Gasteiger partial charge in [0.15, 0.2) is 0 Å². The largest absolute Gasteiger partial charge is 0.497 e. The summed E-state index contributed by atoms with van der Waals surface area (Å²) < 4.78 is 10.4. The Morgan fingerprint density at radius 2 is 2.04 bits per heavy atom. The maximum Gasteiger partial charge on any atom is 0.226 e. The Kier molecular flexibility index (Phi) is 9.19. The van der Waals surface area contributed by atoms with Gasteiger partial charge in [0, 0.05) is 57.7 Å². The van der Waals surface area contributed by atoms with Gasteiger partial charge in [-0.25, -0.2) is 0 Å². The van der Waals surface area contributed by atoms with Crippen molar-refractivity contribution in [2.45, 2.75) is 19.3 Å². The monoisotopic (exact) mass is 409 g/mol. The van der Waals surface area contributed by atoms with E-state index in [1.807, 2.05) is 24.3 Å². The lowest BCUT2D eigenvalue weighted by Crippen LogP contribution is -2.46. The van der Waals surface area contributed by atoms with E-state index in [4.69, 9.17) is 9.26 Å². The van der Waals surface area contributed by atoms with Crippen LogP contribution in [0.3, 0.4) is 0 Å². The Morgan fingerprint density at radius 1 is 1.29 bits per heavy atom. The number of halogens is 1. The van der Waals surface area contributed by atoms with Crippen LogP contribution in [0.15, 0.2) is 28.8 Å². The third-order valence-corrected chi connectivity index (χ3v) is 4.57. The molecule has 0 unspecified atom stereocenters. The number of nitrogens with zero attached hydrogens (tertiary/aromatic N) is 3. The molecule has 0 saturated carbocycles. The van der Waals surface area contributed by atoms with Gasteiger partial charge in [-0.1, -0.05) is 5.16 Å². The predicted molar refractivity (Wildman–Crippen MR) is 109 cm³/mol. The number of ether oxygens (including phenoxy) is 1. The van der Waals surface area contributed by atoms with E-state index in [1.54, 1.807) is 7.11 Å². The van der Waals surface area contributed by atoms with Crippen LogP contribution in [0.5, 0.6) is 5.75 Å². The fourth-order valence-corrected chi connectivity index (χ4v) is 2.99. The number of carbonyl (C=O) groups excluding carboxylic acids is 1. The minimum Gasteiger partial charge on any atom is -0.497 e. The molecule has 28 heavy (non-hydrogen) atoms. The molecule has 0 spiro atoms. The summed E-state index contributed by atoms with van der Waals surface area (Å²) in [6.45, 7) is 5.74. The summed E-state index contributed by atoms with van der Waals surface area (Å²) in [5, 5.41) is 10.3. The van der Waals surface area contributed by atoms with Crippen LogP contribution in [0.1, 0.15) is 18.7 Å². The number of rotatable bonds is 9. The second-order valence-corrected chi connectivity index (χ2v) is 6.54. The van der Waals surface area contributed by atoms with Crippen LogP contribution >= 0.6 is 12.4 Å². The second-order valence-electron chi connectivity index (χ2n) is 6.54. The van der Waals surface area contributed by atoms with Crippen LogP contribution < -0.4 is 15.4 Å². The van der Waals surface area contributed by atoms with E-state index in [-0.39, 0.29) is 18.3 Å². The predicted octanol–water partition coefficient (Wildman–Crippen LogP) is 1.51. The summed E-state index contributed by atoms with van der Waals surface area (Å²) in [6, 6.07) is 7.49. The number of benzene rings is 1. The summed E-state index contributed by atoms with van der Waals surface area (Å²) in [7, 11) is 1.63. The van der Waals surface area contributed by atoms with E-state index in [0.717, 1.165) is 44.0 Å². The van der Waals surface area contributed by atoms with Gasteiger partial charge >= 0.3 is 0 Å². The molecule has 0 atom stereocenters. The molecule has 3 rings (SSSR count). The zero-order chi connectivity index (χ0) is 18.9. The highest BCUT2D eigenvalue weighted by molar-refractivity contribution is 5.85. The first-order valence-corrected chi connectivity index (χ1v) is 9.41. The molecule has 1 amide bonds. The minimum absolute atomic E-state index is 0. The molecule has 9 heteroatoms. The van der Waals surface area contributed by atoms with Crippen LogP contribution in [0.4, 0.5) is 0 Å². The van der Waals surface area contributed by atoms with E-state index in [9.17, 15) is 4.79 Å². The third-order valence-electron chi connectivity index (χ3n) is 4.57. The van der Waals surface area contributed by atoms with Crippen molar-refractivity contribution >= 4 is 18.3 Å². The van der Waals surface area contributed by atoms with Crippen molar-refractivity contribution in [1.82, 2.24) is 25.7 Å². The quantitative estimate of drug-likeness (QED) is 0.648. The SMILES string of the molecule is COc1ccc(-c2noc(CCCC(=O)NCCN3CCNCC3)n2)cc1.Cl. The standard InChI is InChI=1S/C19H27N5O3.ClH/c1-26-16-7-5-15(6-8-16)19-22-18(27-23-19)4-2-3-17(25)21-11-14-24-12-9-20-10-13-24;/h5-8,20H,2-4,9-14H2,1H3,(H,21,25);1H. The van der Waals surface area contributed by atoms with Crippen LogP contribution in [0, 0.1) is 0 Å². The smallest absolute Gasteiger partial charge is 0.226 e. The molecule has 1 aromatic heterocycles. The molecule has 1 fully saturated rings. The summed E-state index contributed by atoms with van der Waals surface area (Å²) in [6.07, 6.45) is 1.74. The van der Waals surface area contributed by atoms with E-state index < -0.39 is 0 Å². The number of aryl methyl sites for hydroxylation is 1. The van der Waals surface area contributed by atoms with Gasteiger partial charge in [0.05, 0.1) is 7.11 Å². The molecule has 1 aliphatic heterocycles. The lowest BCUT2D eigenvalue weighted by molar-refractivity contribution is -0.121. The number of methoxy groups -OCH3 is 1. The molecule has 1 saturated heterocycles. The molecule has 154 valence electrons. The highest BCUT2D eigenvalue weighted by Crippen LogP contribution is 2.20. The Bertz CT molecular complexity index is 717. The molecule has 2 N–H and O–H groups in total. The van der Waals surface area contributed by atoms with Gasteiger partial charge in [-0.15, -0.1) is 12.4 Å². The first-order valence-electron chi connectivity index (χ1n) is 9.41. The highest BCUT2D eigenvalue weighted by Gasteiger charge is 2.11. The van der Waals surface area contributed by atoms with Crippen molar-refractivity contribution in [1.29, 1.82) is 0 Å². The number of aromatic nitrogens is 2. The van der Waals surface area contributed by atoms with Gasteiger partial charge in [0.1, 0.15) is 5.75 Å². The molecule has 0 bridgehead atoms. The fraction of sp³-hybridized carbons (Fsp3) is 0.526. The minimum atomic E-state index is 0. The lowest BCUT2D eigenvalue weighted by atomic mass is 10.2. The molecule has 0 aliphatic carbocycles. The molecular weight excluding hydrogens is 382 g/mol. The average Bonchev–Trinajstić information content (AvgIpc) is 3.18. The molecule has 2 aromatic rings. The van der Waals surface area contributed by atoms with Gasteiger partial charge in [-0.05, 0) is 30.7 Å². The molecule has 1 aromatic carbocycles. The topological polar surface area (TPSA) is 92.5 Å². The Balaban J connectivity index is 0.00000280. The van der Waals surface area contributed by atoms with Gasteiger partial charge in [-0.2, -0.15) is 4.98 Å². The van der Waals surface area contributed by atoms with E-state index in [2.05, 4.69) is 25.7 Å². The molecular formula is C19H28ClN5O3. The Hall–Kier alpha value is -2.16. The summed E-state index contributed by atoms with van der Waals surface area (Å²) in [5.74, 6) is 1.95. The number of carbonyl (C=O) groups is 1. The van der Waals surface area contributed by atoms with Gasteiger partial charge in [0.2, 0.25) is 17.6 Å². The number of nitrogens with one attached hydrogen (secondary N) is 2. The first-order chi connectivity index (χ1) is 13.2. The first kappa shape index (κ1) is 22.1.